The molecule has 0 aliphatic carbocycles. The molecule has 0 unspecified atom stereocenters. The smallest absolute Gasteiger partial charge is 0.257 e. The average Bonchev–Trinajstić information content (AvgIpc) is 3.00. The van der Waals surface area contributed by atoms with Gasteiger partial charge in [0.1, 0.15) is 11.3 Å². The third-order valence-corrected chi connectivity index (χ3v) is 4.95. The van der Waals surface area contributed by atoms with Gasteiger partial charge < -0.3 is 9.64 Å². The molecule has 2 aromatic carbocycles. The second kappa shape index (κ2) is 6.67. The Bertz CT molecular complexity index is 908. The fourth-order valence-electron chi connectivity index (χ4n) is 2.27. The van der Waals surface area contributed by atoms with Crippen LogP contribution in [0.5, 0.6) is 5.75 Å². The van der Waals surface area contributed by atoms with E-state index in [1.54, 1.807) is 25.3 Å². The summed E-state index contributed by atoms with van der Waals surface area (Å²) in [5, 5.41) is 3.89. The molecule has 3 aromatic rings. The summed E-state index contributed by atoms with van der Waals surface area (Å²) in [5.41, 5.74) is 2.17. The monoisotopic (exact) mass is 361 g/mol. The normalized spacial score (nSPS) is 10.7. The van der Waals surface area contributed by atoms with Crippen molar-refractivity contribution >= 4 is 49.9 Å². The molecular formula is C17H16ClN3O2S. The van der Waals surface area contributed by atoms with E-state index in [1.807, 2.05) is 37.2 Å². The van der Waals surface area contributed by atoms with Crippen LogP contribution in [0.1, 0.15) is 10.4 Å². The quantitative estimate of drug-likeness (QED) is 0.753. The lowest BCUT2D eigenvalue weighted by atomic mass is 10.2. The van der Waals surface area contributed by atoms with E-state index in [0.29, 0.717) is 27.0 Å². The number of anilines is 2. The van der Waals surface area contributed by atoms with Gasteiger partial charge in [-0.05, 0) is 30.3 Å². The third-order valence-electron chi connectivity index (χ3n) is 3.52. The van der Waals surface area contributed by atoms with E-state index in [-0.39, 0.29) is 5.91 Å². The zero-order valence-corrected chi connectivity index (χ0v) is 15.0. The van der Waals surface area contributed by atoms with Gasteiger partial charge in [-0.25, -0.2) is 4.98 Å². The topological polar surface area (TPSA) is 54.5 Å². The number of carbonyl (C=O) groups is 1. The molecule has 0 aliphatic heterocycles. The lowest BCUT2D eigenvalue weighted by molar-refractivity contribution is 0.102. The molecule has 1 aromatic heterocycles. The van der Waals surface area contributed by atoms with E-state index in [0.717, 1.165) is 10.4 Å². The van der Waals surface area contributed by atoms with Crippen molar-refractivity contribution in [1.29, 1.82) is 0 Å². The van der Waals surface area contributed by atoms with Crippen LogP contribution < -0.4 is 15.0 Å². The molecule has 0 spiro atoms. The van der Waals surface area contributed by atoms with Gasteiger partial charge in [0.25, 0.3) is 5.91 Å². The standard InChI is InChI=1S/C17H16ClN3O2S/c1-21(2)11-6-4-5-10(9-11)16(22)20-17-19-14-13(23-3)8-7-12(18)15(14)24-17/h4-9H,1-3H3,(H,19,20,22). The van der Waals surface area contributed by atoms with Crippen molar-refractivity contribution in [3.8, 4) is 5.75 Å². The fraction of sp³-hybridized carbons (Fsp3) is 0.176. The third kappa shape index (κ3) is 3.16. The molecule has 1 amide bonds. The first-order valence-electron chi connectivity index (χ1n) is 7.21. The number of fused-ring (bicyclic) bond motifs is 1. The number of nitrogens with one attached hydrogen (secondary N) is 1. The van der Waals surface area contributed by atoms with Crippen LogP contribution in [0.15, 0.2) is 36.4 Å². The van der Waals surface area contributed by atoms with Gasteiger partial charge in [-0.1, -0.05) is 29.0 Å². The van der Waals surface area contributed by atoms with Gasteiger partial charge in [0.2, 0.25) is 0 Å². The SMILES string of the molecule is COc1ccc(Cl)c2sc(NC(=O)c3cccc(N(C)C)c3)nc12. The Labute approximate surface area is 148 Å². The van der Waals surface area contributed by atoms with Crippen molar-refractivity contribution in [2.24, 2.45) is 0 Å². The molecule has 0 saturated heterocycles. The summed E-state index contributed by atoms with van der Waals surface area (Å²) in [4.78, 5) is 18.9. The van der Waals surface area contributed by atoms with Gasteiger partial charge in [-0.15, -0.1) is 0 Å². The summed E-state index contributed by atoms with van der Waals surface area (Å²) in [5.74, 6) is 0.411. The Morgan fingerprint density at radius 1 is 1.29 bits per heavy atom. The van der Waals surface area contributed by atoms with Crippen LogP contribution in [0.25, 0.3) is 10.2 Å². The molecular weight excluding hydrogens is 346 g/mol. The lowest BCUT2D eigenvalue weighted by Crippen LogP contribution is -2.14. The predicted octanol–water partition coefficient (Wildman–Crippen LogP) is 4.28. The van der Waals surface area contributed by atoms with Crippen LogP contribution in [-0.4, -0.2) is 32.1 Å². The Morgan fingerprint density at radius 3 is 2.79 bits per heavy atom. The van der Waals surface area contributed by atoms with E-state index in [9.17, 15) is 4.79 Å². The zero-order chi connectivity index (χ0) is 17.3. The van der Waals surface area contributed by atoms with Crippen LogP contribution in [0.2, 0.25) is 5.02 Å². The molecule has 7 heteroatoms. The largest absolute Gasteiger partial charge is 0.494 e. The zero-order valence-electron chi connectivity index (χ0n) is 13.5. The Morgan fingerprint density at radius 2 is 2.08 bits per heavy atom. The highest BCUT2D eigenvalue weighted by molar-refractivity contribution is 7.23. The fourth-order valence-corrected chi connectivity index (χ4v) is 3.42. The number of hydrogen-bond acceptors (Lipinski definition) is 5. The number of aromatic nitrogens is 1. The summed E-state index contributed by atoms with van der Waals surface area (Å²) in [6.45, 7) is 0. The Hall–Kier alpha value is -2.31. The van der Waals surface area contributed by atoms with Gasteiger partial charge in [-0.3, -0.25) is 10.1 Å². The van der Waals surface area contributed by atoms with E-state index < -0.39 is 0 Å². The predicted molar refractivity (Wildman–Crippen MR) is 99.9 cm³/mol. The minimum absolute atomic E-state index is 0.215. The van der Waals surface area contributed by atoms with Crippen molar-refractivity contribution in [1.82, 2.24) is 4.98 Å². The maximum absolute atomic E-state index is 12.5. The minimum Gasteiger partial charge on any atom is -0.494 e. The van der Waals surface area contributed by atoms with Crippen molar-refractivity contribution < 1.29 is 9.53 Å². The Balaban J connectivity index is 1.91. The maximum atomic E-state index is 12.5. The molecule has 0 radical (unpaired) electrons. The summed E-state index contributed by atoms with van der Waals surface area (Å²) >= 11 is 7.53. The van der Waals surface area contributed by atoms with E-state index in [4.69, 9.17) is 16.3 Å². The van der Waals surface area contributed by atoms with Gasteiger partial charge in [0.15, 0.2) is 5.13 Å². The number of methoxy groups -OCH3 is 1. The van der Waals surface area contributed by atoms with Crippen LogP contribution in [0, 0.1) is 0 Å². The molecule has 0 atom stereocenters. The minimum atomic E-state index is -0.215. The summed E-state index contributed by atoms with van der Waals surface area (Å²) in [6.07, 6.45) is 0. The van der Waals surface area contributed by atoms with Crippen molar-refractivity contribution in [3.63, 3.8) is 0 Å². The average molecular weight is 362 g/mol. The number of hydrogen-bond donors (Lipinski definition) is 1. The van der Waals surface area contributed by atoms with Crippen LogP contribution in [-0.2, 0) is 0 Å². The molecule has 0 aliphatic rings. The second-order valence-electron chi connectivity index (χ2n) is 5.35. The molecule has 1 heterocycles. The first-order chi connectivity index (χ1) is 11.5. The summed E-state index contributed by atoms with van der Waals surface area (Å²) in [6, 6.07) is 10.9. The Kier molecular flexibility index (Phi) is 4.59. The molecule has 0 bridgehead atoms. The highest BCUT2D eigenvalue weighted by Crippen LogP contribution is 2.37. The van der Waals surface area contributed by atoms with E-state index in [2.05, 4.69) is 10.3 Å². The highest BCUT2D eigenvalue weighted by atomic mass is 35.5. The molecule has 5 nitrogen and oxygen atoms in total. The number of benzene rings is 2. The van der Waals surface area contributed by atoms with Gasteiger partial charge in [0.05, 0.1) is 16.8 Å². The number of halogens is 1. The molecule has 24 heavy (non-hydrogen) atoms. The molecule has 0 fully saturated rings. The highest BCUT2D eigenvalue weighted by Gasteiger charge is 2.15. The number of carbonyl (C=O) groups excluding carboxylic acids is 1. The number of amides is 1. The first-order valence-corrected chi connectivity index (χ1v) is 8.41. The van der Waals surface area contributed by atoms with Crippen molar-refractivity contribution in [3.05, 3.63) is 47.0 Å². The van der Waals surface area contributed by atoms with Gasteiger partial charge >= 0.3 is 0 Å². The van der Waals surface area contributed by atoms with Crippen molar-refractivity contribution in [2.45, 2.75) is 0 Å². The van der Waals surface area contributed by atoms with Gasteiger partial charge in [-0.2, -0.15) is 0 Å². The van der Waals surface area contributed by atoms with Crippen LogP contribution in [0.4, 0.5) is 10.8 Å². The molecule has 3 rings (SSSR count). The second-order valence-corrected chi connectivity index (χ2v) is 6.75. The maximum Gasteiger partial charge on any atom is 0.257 e. The van der Waals surface area contributed by atoms with Crippen molar-refractivity contribution in [2.75, 3.05) is 31.4 Å². The molecule has 124 valence electrons. The van der Waals surface area contributed by atoms with Gasteiger partial charge in [0, 0.05) is 25.3 Å². The number of thiazole rings is 1. The molecule has 1 N–H and O–H groups in total. The van der Waals surface area contributed by atoms with Crippen LogP contribution >= 0.6 is 22.9 Å². The molecule has 0 saturated carbocycles. The van der Waals surface area contributed by atoms with Crippen LogP contribution in [0.3, 0.4) is 0 Å². The summed E-state index contributed by atoms with van der Waals surface area (Å²) < 4.78 is 6.08. The number of ether oxygens (including phenoxy) is 1. The first kappa shape index (κ1) is 16.5. The summed E-state index contributed by atoms with van der Waals surface area (Å²) in [7, 11) is 5.44. The van der Waals surface area contributed by atoms with E-state index >= 15 is 0 Å². The lowest BCUT2D eigenvalue weighted by Gasteiger charge is -2.13. The van der Waals surface area contributed by atoms with E-state index in [1.165, 1.54) is 11.3 Å². The number of nitrogens with zero attached hydrogens (tertiary/aromatic N) is 2. The number of rotatable bonds is 4.